The van der Waals surface area contributed by atoms with Gasteiger partial charge in [-0.05, 0) is 18.4 Å². The second-order valence-corrected chi connectivity index (χ2v) is 4.46. The lowest BCUT2D eigenvalue weighted by atomic mass is 10.4. The van der Waals surface area contributed by atoms with E-state index in [-0.39, 0.29) is 0 Å². The van der Waals surface area contributed by atoms with Crippen LogP contribution in [0.3, 0.4) is 0 Å². The third-order valence-corrected chi connectivity index (χ3v) is 3.27. The topological polar surface area (TPSA) is 24.1 Å². The van der Waals surface area contributed by atoms with Gasteiger partial charge in [0, 0.05) is 36.0 Å². The largest absolute Gasteiger partial charge is 0.314 e. The lowest BCUT2D eigenvalue weighted by Crippen LogP contribution is -2.39. The Kier molecular flexibility index (Phi) is 5.46. The number of hydrogen-bond acceptors (Lipinski definition) is 4. The normalized spacial score (nSPS) is 16.2. The summed E-state index contributed by atoms with van der Waals surface area (Å²) in [6.07, 6.45) is 0. The molecule has 2 nitrogen and oxygen atoms in total. The van der Waals surface area contributed by atoms with Gasteiger partial charge in [0.05, 0.1) is 0 Å². The zero-order valence-electron chi connectivity index (χ0n) is 7.84. The highest BCUT2D eigenvalue weighted by molar-refractivity contribution is 7.80. The fourth-order valence-electron chi connectivity index (χ4n) is 0.982. The van der Waals surface area contributed by atoms with Crippen LogP contribution in [0.2, 0.25) is 0 Å². The molecule has 1 fully saturated rings. The molecular weight excluding hydrogens is 200 g/mol. The van der Waals surface area contributed by atoms with Crippen molar-refractivity contribution in [1.82, 2.24) is 10.6 Å². The minimum Gasteiger partial charge on any atom is -0.314 e. The van der Waals surface area contributed by atoms with Gasteiger partial charge in [-0.1, -0.05) is 0 Å². The van der Waals surface area contributed by atoms with E-state index >= 15 is 0 Å². The Labute approximate surface area is 89.2 Å². The summed E-state index contributed by atoms with van der Waals surface area (Å²) in [7, 11) is 0. The molecule has 2 rings (SSSR count). The molecule has 1 aliphatic rings. The Bertz CT molecular complexity index is 203. The van der Waals surface area contributed by atoms with Crippen LogP contribution >= 0.6 is 24.0 Å². The van der Waals surface area contributed by atoms with Gasteiger partial charge < -0.3 is 10.6 Å². The van der Waals surface area contributed by atoms with Gasteiger partial charge in [0.25, 0.3) is 0 Å². The van der Waals surface area contributed by atoms with Crippen LogP contribution in [0.15, 0.2) is 16.3 Å². The van der Waals surface area contributed by atoms with Crippen LogP contribution < -0.4 is 10.6 Å². The summed E-state index contributed by atoms with van der Waals surface area (Å²) in [5.74, 6) is 0. The molecule has 74 valence electrons. The minimum absolute atomic E-state index is 1.10. The molecule has 0 atom stereocenters. The number of thiophene rings is 1. The molecule has 2 heterocycles. The summed E-state index contributed by atoms with van der Waals surface area (Å²) in [4.78, 5) is 2.40. The highest BCUT2D eigenvalue weighted by Gasteiger charge is 1.91. The lowest BCUT2D eigenvalue weighted by molar-refractivity contribution is 0.534. The molecule has 0 aromatic carbocycles. The van der Waals surface area contributed by atoms with E-state index in [1.165, 1.54) is 4.88 Å². The first-order valence-corrected chi connectivity index (χ1v) is 5.78. The maximum absolute atomic E-state index is 4.16. The molecule has 0 amide bonds. The van der Waals surface area contributed by atoms with Crippen molar-refractivity contribution in [2.45, 2.75) is 11.8 Å². The van der Waals surface area contributed by atoms with Crippen molar-refractivity contribution in [3.8, 4) is 0 Å². The average molecular weight is 216 g/mol. The summed E-state index contributed by atoms with van der Waals surface area (Å²) in [6.45, 7) is 6.62. The smallest absolute Gasteiger partial charge is 0.0177 e. The molecular formula is C9H16N2S2. The summed E-state index contributed by atoms with van der Waals surface area (Å²) in [5.41, 5.74) is 0. The first kappa shape index (κ1) is 11.0. The third kappa shape index (κ3) is 4.67. The van der Waals surface area contributed by atoms with E-state index in [2.05, 4.69) is 30.2 Å². The zero-order chi connectivity index (χ0) is 9.52. The molecule has 0 aliphatic carbocycles. The molecule has 13 heavy (non-hydrogen) atoms. The number of piperazine rings is 1. The molecule has 0 spiro atoms. The van der Waals surface area contributed by atoms with E-state index in [1.54, 1.807) is 11.3 Å². The van der Waals surface area contributed by atoms with Crippen LogP contribution in [0.4, 0.5) is 0 Å². The van der Waals surface area contributed by atoms with Gasteiger partial charge in [-0.15, -0.1) is 24.0 Å². The van der Waals surface area contributed by atoms with Crippen molar-refractivity contribution in [3.05, 3.63) is 16.3 Å². The van der Waals surface area contributed by atoms with E-state index in [4.69, 9.17) is 0 Å². The maximum Gasteiger partial charge on any atom is 0.0177 e. The van der Waals surface area contributed by atoms with Gasteiger partial charge >= 0.3 is 0 Å². The molecule has 1 aromatic heterocycles. The molecule has 1 saturated heterocycles. The number of nitrogens with one attached hydrogen (secondary N) is 2. The molecule has 4 heteroatoms. The highest BCUT2D eigenvalue weighted by atomic mass is 32.1. The Hall–Kier alpha value is -0.0300. The Balaban J connectivity index is 0.000000132. The zero-order valence-corrected chi connectivity index (χ0v) is 9.55. The van der Waals surface area contributed by atoms with Crippen molar-refractivity contribution in [1.29, 1.82) is 0 Å². The van der Waals surface area contributed by atoms with E-state index in [1.807, 2.05) is 11.4 Å². The second kappa shape index (κ2) is 6.43. The van der Waals surface area contributed by atoms with Crippen molar-refractivity contribution < 1.29 is 0 Å². The van der Waals surface area contributed by atoms with E-state index in [0.29, 0.717) is 0 Å². The number of thiol groups is 1. The first-order valence-electron chi connectivity index (χ1n) is 4.45. The van der Waals surface area contributed by atoms with Crippen LogP contribution in [0.5, 0.6) is 0 Å². The van der Waals surface area contributed by atoms with Gasteiger partial charge in [-0.3, -0.25) is 0 Å². The predicted molar refractivity (Wildman–Crippen MR) is 62.0 cm³/mol. The van der Waals surface area contributed by atoms with Crippen LogP contribution in [-0.2, 0) is 0 Å². The summed E-state index contributed by atoms with van der Waals surface area (Å²) in [5, 5.41) is 8.48. The van der Waals surface area contributed by atoms with Crippen molar-refractivity contribution >= 4 is 24.0 Å². The summed E-state index contributed by atoms with van der Waals surface area (Å²) >= 11 is 5.89. The standard InChI is InChI=1S/C5H6S2.C4H10N2/c1-4-5(6)2-3-7-4;1-2-6-4-3-5-1/h2-3,6H,1H3;5-6H,1-4H2. The molecule has 1 aromatic rings. The second-order valence-electron chi connectivity index (χ2n) is 2.86. The van der Waals surface area contributed by atoms with E-state index < -0.39 is 0 Å². The van der Waals surface area contributed by atoms with Crippen LogP contribution in [-0.4, -0.2) is 26.2 Å². The number of aryl methyl sites for hydroxylation is 1. The van der Waals surface area contributed by atoms with Crippen molar-refractivity contribution in [2.75, 3.05) is 26.2 Å². The van der Waals surface area contributed by atoms with E-state index in [9.17, 15) is 0 Å². The van der Waals surface area contributed by atoms with Gasteiger partial charge in [0.1, 0.15) is 0 Å². The molecule has 0 bridgehead atoms. The summed E-state index contributed by atoms with van der Waals surface area (Å²) in [6, 6.07) is 2.00. The molecule has 0 radical (unpaired) electrons. The molecule has 0 unspecified atom stereocenters. The molecule has 0 saturated carbocycles. The van der Waals surface area contributed by atoms with Crippen LogP contribution in [0.1, 0.15) is 4.88 Å². The average Bonchev–Trinajstić information content (AvgIpc) is 2.55. The van der Waals surface area contributed by atoms with Gasteiger partial charge in [0.15, 0.2) is 0 Å². The maximum atomic E-state index is 4.16. The SMILES string of the molecule is C1CNCCN1.Cc1sccc1S. The molecule has 2 N–H and O–H groups in total. The molecule has 1 aliphatic heterocycles. The monoisotopic (exact) mass is 216 g/mol. The van der Waals surface area contributed by atoms with Crippen molar-refractivity contribution in [2.24, 2.45) is 0 Å². The predicted octanol–water partition coefficient (Wildman–Crippen LogP) is 1.52. The number of hydrogen-bond donors (Lipinski definition) is 3. The van der Waals surface area contributed by atoms with Gasteiger partial charge in [-0.2, -0.15) is 0 Å². The lowest BCUT2D eigenvalue weighted by Gasteiger charge is -2.11. The Morgan fingerprint density at radius 1 is 1.23 bits per heavy atom. The third-order valence-electron chi connectivity index (χ3n) is 1.79. The summed E-state index contributed by atoms with van der Waals surface area (Å²) < 4.78 is 0. The Morgan fingerprint density at radius 3 is 1.92 bits per heavy atom. The van der Waals surface area contributed by atoms with Gasteiger partial charge in [-0.25, -0.2) is 0 Å². The minimum atomic E-state index is 1.10. The fraction of sp³-hybridized carbons (Fsp3) is 0.556. The first-order chi connectivity index (χ1) is 6.30. The highest BCUT2D eigenvalue weighted by Crippen LogP contribution is 2.17. The van der Waals surface area contributed by atoms with Crippen LogP contribution in [0.25, 0.3) is 0 Å². The quantitative estimate of drug-likeness (QED) is 0.573. The fourth-order valence-corrected chi connectivity index (χ4v) is 1.91. The van der Waals surface area contributed by atoms with Gasteiger partial charge in [0.2, 0.25) is 0 Å². The van der Waals surface area contributed by atoms with E-state index in [0.717, 1.165) is 31.1 Å². The van der Waals surface area contributed by atoms with Crippen LogP contribution in [0, 0.1) is 6.92 Å². The Morgan fingerprint density at radius 2 is 1.77 bits per heavy atom. The number of rotatable bonds is 0. The van der Waals surface area contributed by atoms with Crippen molar-refractivity contribution in [3.63, 3.8) is 0 Å².